The molecule has 0 aliphatic carbocycles. The molecule has 4 heteroatoms. The zero-order chi connectivity index (χ0) is 9.35. The van der Waals surface area contributed by atoms with Crippen LogP contribution in [0.4, 0.5) is 8.78 Å². The molecule has 0 unspecified atom stereocenters. The molecular weight excluding hydrogens is 164 g/mol. The van der Waals surface area contributed by atoms with Crippen LogP contribution in [0.15, 0.2) is 0 Å². The first-order valence-electron chi connectivity index (χ1n) is 4.15. The van der Waals surface area contributed by atoms with Gasteiger partial charge in [-0.1, -0.05) is 6.92 Å². The molecule has 0 saturated carbocycles. The van der Waals surface area contributed by atoms with Crippen LogP contribution in [0.3, 0.4) is 0 Å². The summed E-state index contributed by atoms with van der Waals surface area (Å²) in [4.78, 5) is 1.54. The van der Waals surface area contributed by atoms with E-state index in [0.717, 1.165) is 0 Å². The fraction of sp³-hybridized carbons (Fsp3) is 1.00. The molecule has 0 aromatic rings. The van der Waals surface area contributed by atoms with Crippen molar-refractivity contribution in [2.75, 3.05) is 20.2 Å². The first-order chi connectivity index (χ1) is 5.46. The molecule has 1 fully saturated rings. The van der Waals surface area contributed by atoms with E-state index in [9.17, 15) is 8.78 Å². The maximum Gasteiger partial charge on any atom is 0.260 e. The molecule has 0 amide bonds. The van der Waals surface area contributed by atoms with Crippen LogP contribution in [0.5, 0.6) is 0 Å². The second kappa shape index (κ2) is 3.26. The molecular formula is C8H15F2NO. The van der Waals surface area contributed by atoms with Crippen LogP contribution in [0, 0.1) is 5.92 Å². The molecule has 1 N–H and O–H groups in total. The Morgan fingerprint density at radius 3 is 2.58 bits per heavy atom. The summed E-state index contributed by atoms with van der Waals surface area (Å²) in [6, 6.07) is -0.107. The van der Waals surface area contributed by atoms with Crippen LogP contribution < -0.4 is 0 Å². The Morgan fingerprint density at radius 2 is 2.17 bits per heavy atom. The van der Waals surface area contributed by atoms with Crippen molar-refractivity contribution in [2.45, 2.75) is 25.3 Å². The minimum atomic E-state index is -2.58. The zero-order valence-electron chi connectivity index (χ0n) is 7.43. The molecule has 72 valence electrons. The van der Waals surface area contributed by atoms with Gasteiger partial charge in [-0.2, -0.15) is 0 Å². The number of halogens is 2. The van der Waals surface area contributed by atoms with E-state index in [1.165, 1.54) is 4.90 Å². The lowest BCUT2D eigenvalue weighted by Gasteiger charge is -2.40. The van der Waals surface area contributed by atoms with Crippen LogP contribution >= 0.6 is 0 Å². The lowest BCUT2D eigenvalue weighted by molar-refractivity contribution is -0.103. The first kappa shape index (κ1) is 9.86. The van der Waals surface area contributed by atoms with Gasteiger partial charge < -0.3 is 5.11 Å². The zero-order valence-corrected chi connectivity index (χ0v) is 7.43. The molecule has 0 aromatic carbocycles. The third kappa shape index (κ3) is 1.93. The monoisotopic (exact) mass is 179 g/mol. The Labute approximate surface area is 71.2 Å². The van der Waals surface area contributed by atoms with Gasteiger partial charge in [0, 0.05) is 12.5 Å². The largest absolute Gasteiger partial charge is 0.395 e. The van der Waals surface area contributed by atoms with Gasteiger partial charge in [-0.05, 0) is 13.0 Å². The van der Waals surface area contributed by atoms with Crippen molar-refractivity contribution in [2.24, 2.45) is 5.92 Å². The molecule has 0 aromatic heterocycles. The summed E-state index contributed by atoms with van der Waals surface area (Å²) in [6.07, 6.45) is -0.109. The van der Waals surface area contributed by atoms with Crippen molar-refractivity contribution in [1.82, 2.24) is 4.90 Å². The molecule has 2 nitrogen and oxygen atoms in total. The van der Waals surface area contributed by atoms with E-state index in [2.05, 4.69) is 0 Å². The molecule has 1 aliphatic heterocycles. The molecule has 0 radical (unpaired) electrons. The second-order valence-corrected chi connectivity index (χ2v) is 3.70. The number of nitrogens with zero attached hydrogens (tertiary/aromatic N) is 1. The SMILES string of the molecule is C[C@@H]1CC(F)(F)CN(C)[C@@H]1CO. The van der Waals surface area contributed by atoms with E-state index in [4.69, 9.17) is 5.11 Å². The number of likely N-dealkylation sites (tertiary alicyclic amines) is 1. The predicted octanol–water partition coefficient (Wildman–Crippen LogP) is 0.954. The van der Waals surface area contributed by atoms with E-state index in [0.29, 0.717) is 0 Å². The van der Waals surface area contributed by atoms with Crippen LogP contribution in [-0.4, -0.2) is 42.2 Å². The van der Waals surface area contributed by atoms with Crippen LogP contribution in [-0.2, 0) is 0 Å². The minimum Gasteiger partial charge on any atom is -0.395 e. The van der Waals surface area contributed by atoms with Gasteiger partial charge in [0.15, 0.2) is 0 Å². The predicted molar refractivity (Wildman–Crippen MR) is 42.2 cm³/mol. The third-order valence-corrected chi connectivity index (χ3v) is 2.51. The fourth-order valence-corrected chi connectivity index (χ4v) is 1.91. The quantitative estimate of drug-likeness (QED) is 0.648. The van der Waals surface area contributed by atoms with Crippen molar-refractivity contribution in [3.63, 3.8) is 0 Å². The molecule has 12 heavy (non-hydrogen) atoms. The lowest BCUT2D eigenvalue weighted by atomic mass is 9.89. The molecule has 0 bridgehead atoms. The number of hydrogen-bond donors (Lipinski definition) is 1. The summed E-state index contributed by atoms with van der Waals surface area (Å²) in [5, 5.41) is 8.92. The molecule has 1 aliphatic rings. The van der Waals surface area contributed by atoms with Gasteiger partial charge in [-0.25, -0.2) is 8.78 Å². The highest BCUT2D eigenvalue weighted by molar-refractivity contribution is 4.87. The summed E-state index contributed by atoms with van der Waals surface area (Å²) >= 11 is 0. The highest BCUT2D eigenvalue weighted by Crippen LogP contribution is 2.32. The average molecular weight is 179 g/mol. The van der Waals surface area contributed by atoms with Crippen molar-refractivity contribution >= 4 is 0 Å². The Morgan fingerprint density at radius 1 is 1.58 bits per heavy atom. The summed E-state index contributed by atoms with van der Waals surface area (Å²) in [5.74, 6) is -2.72. The molecule has 0 spiro atoms. The summed E-state index contributed by atoms with van der Waals surface area (Å²) < 4.78 is 25.8. The Hall–Kier alpha value is -0.220. The molecule has 2 atom stereocenters. The van der Waals surface area contributed by atoms with E-state index in [-0.39, 0.29) is 31.5 Å². The summed E-state index contributed by atoms with van der Waals surface area (Å²) in [5.41, 5.74) is 0. The number of alkyl halides is 2. The maximum atomic E-state index is 12.9. The van der Waals surface area contributed by atoms with Gasteiger partial charge in [0.25, 0.3) is 5.92 Å². The van der Waals surface area contributed by atoms with Gasteiger partial charge >= 0.3 is 0 Å². The second-order valence-electron chi connectivity index (χ2n) is 3.70. The summed E-state index contributed by atoms with van der Waals surface area (Å²) in [6.45, 7) is 1.49. The first-order valence-corrected chi connectivity index (χ1v) is 4.15. The number of likely N-dealkylation sites (N-methyl/N-ethyl adjacent to an activating group) is 1. The average Bonchev–Trinajstić information content (AvgIpc) is 1.82. The molecule has 1 heterocycles. The minimum absolute atomic E-state index is 0.0340. The summed E-state index contributed by atoms with van der Waals surface area (Å²) in [7, 11) is 1.63. The van der Waals surface area contributed by atoms with Crippen molar-refractivity contribution in [3.05, 3.63) is 0 Å². The number of piperidine rings is 1. The smallest absolute Gasteiger partial charge is 0.260 e. The number of rotatable bonds is 1. The van der Waals surface area contributed by atoms with Gasteiger partial charge in [-0.3, -0.25) is 4.90 Å². The van der Waals surface area contributed by atoms with E-state index < -0.39 is 5.92 Å². The highest BCUT2D eigenvalue weighted by Gasteiger charge is 2.42. The number of aliphatic hydroxyl groups excluding tert-OH is 1. The number of aliphatic hydroxyl groups is 1. The van der Waals surface area contributed by atoms with Crippen LogP contribution in [0.25, 0.3) is 0 Å². The van der Waals surface area contributed by atoms with Gasteiger partial charge in [-0.15, -0.1) is 0 Å². The van der Waals surface area contributed by atoms with Crippen molar-refractivity contribution in [3.8, 4) is 0 Å². The van der Waals surface area contributed by atoms with Crippen LogP contribution in [0.2, 0.25) is 0 Å². The van der Waals surface area contributed by atoms with Crippen molar-refractivity contribution in [1.29, 1.82) is 0 Å². The Balaban J connectivity index is 2.63. The van der Waals surface area contributed by atoms with Crippen LogP contribution in [0.1, 0.15) is 13.3 Å². The topological polar surface area (TPSA) is 23.5 Å². The number of hydrogen-bond acceptors (Lipinski definition) is 2. The Bertz CT molecular complexity index is 149. The third-order valence-electron chi connectivity index (χ3n) is 2.51. The van der Waals surface area contributed by atoms with Crippen molar-refractivity contribution < 1.29 is 13.9 Å². The van der Waals surface area contributed by atoms with Gasteiger partial charge in [0.05, 0.1) is 13.2 Å². The van der Waals surface area contributed by atoms with E-state index in [1.807, 2.05) is 0 Å². The lowest BCUT2D eigenvalue weighted by Crippen LogP contribution is -2.52. The van der Waals surface area contributed by atoms with Gasteiger partial charge in [0.1, 0.15) is 0 Å². The van der Waals surface area contributed by atoms with Gasteiger partial charge in [0.2, 0.25) is 0 Å². The van der Waals surface area contributed by atoms with E-state index >= 15 is 0 Å². The highest BCUT2D eigenvalue weighted by atomic mass is 19.3. The Kier molecular flexibility index (Phi) is 2.68. The van der Waals surface area contributed by atoms with E-state index in [1.54, 1.807) is 14.0 Å². The normalized spacial score (nSPS) is 36.8. The molecule has 1 rings (SSSR count). The standard InChI is InChI=1S/C8H15F2NO/c1-6-3-8(9,10)5-11(2)7(6)4-12/h6-7,12H,3-5H2,1-2H3/t6-,7-/m1/s1. The fourth-order valence-electron chi connectivity index (χ4n) is 1.91. The molecule has 1 saturated heterocycles. The maximum absolute atomic E-state index is 12.9.